The summed E-state index contributed by atoms with van der Waals surface area (Å²) in [4.78, 5) is 0. The summed E-state index contributed by atoms with van der Waals surface area (Å²) >= 11 is 0. The molecular formula is C22H42O. The Labute approximate surface area is 146 Å². The van der Waals surface area contributed by atoms with Gasteiger partial charge in [0.25, 0.3) is 0 Å². The lowest BCUT2D eigenvalue weighted by atomic mass is 10.1. The zero-order valence-corrected chi connectivity index (χ0v) is 15.9. The van der Waals surface area contributed by atoms with Crippen LogP contribution in [0.2, 0.25) is 0 Å². The standard InChI is InChI=1S/C22H42O/c1-3-5-7-9-11-13-14-16-18-20-22-23-21-19-17-15-12-10-8-6-4-2/h3,20,22H,1,4-19,21H2,2H3. The van der Waals surface area contributed by atoms with Crippen molar-refractivity contribution in [2.24, 2.45) is 0 Å². The van der Waals surface area contributed by atoms with Crippen molar-refractivity contribution in [3.05, 3.63) is 25.0 Å². The molecule has 0 atom stereocenters. The number of hydrogen-bond acceptors (Lipinski definition) is 1. The van der Waals surface area contributed by atoms with E-state index in [0.29, 0.717) is 0 Å². The highest BCUT2D eigenvalue weighted by Crippen LogP contribution is 2.10. The molecule has 0 aliphatic heterocycles. The van der Waals surface area contributed by atoms with Crippen molar-refractivity contribution in [2.75, 3.05) is 6.61 Å². The molecule has 0 fully saturated rings. The molecule has 0 bridgehead atoms. The van der Waals surface area contributed by atoms with Crippen molar-refractivity contribution in [2.45, 2.75) is 110 Å². The first-order chi connectivity index (χ1) is 11.4. The maximum Gasteiger partial charge on any atom is 0.0873 e. The van der Waals surface area contributed by atoms with Gasteiger partial charge < -0.3 is 4.74 Å². The van der Waals surface area contributed by atoms with Crippen LogP contribution < -0.4 is 0 Å². The smallest absolute Gasteiger partial charge is 0.0873 e. The van der Waals surface area contributed by atoms with Crippen molar-refractivity contribution in [1.29, 1.82) is 0 Å². The van der Waals surface area contributed by atoms with Gasteiger partial charge in [-0.05, 0) is 38.2 Å². The predicted octanol–water partition coefficient (Wildman–Crippen LogP) is 7.96. The summed E-state index contributed by atoms with van der Waals surface area (Å²) in [5.74, 6) is 0. The van der Waals surface area contributed by atoms with Crippen molar-refractivity contribution in [3.8, 4) is 0 Å². The molecule has 0 aromatic carbocycles. The molecular weight excluding hydrogens is 280 g/mol. The molecule has 0 rings (SSSR count). The molecule has 0 amide bonds. The molecule has 0 saturated heterocycles. The Balaban J connectivity index is 3.04. The van der Waals surface area contributed by atoms with Gasteiger partial charge >= 0.3 is 0 Å². The SMILES string of the molecule is C=CCCCCCCCCC=COCCCCCCCCCC. The third-order valence-corrected chi connectivity index (χ3v) is 4.34. The molecule has 0 unspecified atom stereocenters. The van der Waals surface area contributed by atoms with E-state index in [4.69, 9.17) is 4.74 Å². The summed E-state index contributed by atoms with van der Waals surface area (Å²) in [5, 5.41) is 0. The largest absolute Gasteiger partial charge is 0.502 e. The van der Waals surface area contributed by atoms with Crippen LogP contribution in [-0.2, 0) is 4.74 Å². The summed E-state index contributed by atoms with van der Waals surface area (Å²) < 4.78 is 5.56. The van der Waals surface area contributed by atoms with Gasteiger partial charge in [0.1, 0.15) is 0 Å². The normalized spacial score (nSPS) is 11.2. The molecule has 0 aliphatic carbocycles. The van der Waals surface area contributed by atoms with Gasteiger partial charge in [0, 0.05) is 0 Å². The summed E-state index contributed by atoms with van der Waals surface area (Å²) in [5.41, 5.74) is 0. The number of ether oxygens (including phenoxy) is 1. The number of unbranched alkanes of at least 4 members (excludes halogenated alkanes) is 14. The van der Waals surface area contributed by atoms with Crippen LogP contribution in [0.25, 0.3) is 0 Å². The summed E-state index contributed by atoms with van der Waals surface area (Å²) in [6, 6.07) is 0. The van der Waals surface area contributed by atoms with Gasteiger partial charge in [-0.1, -0.05) is 83.6 Å². The first kappa shape index (κ1) is 22.3. The summed E-state index contributed by atoms with van der Waals surface area (Å²) in [6.45, 7) is 6.93. The highest BCUT2D eigenvalue weighted by Gasteiger charge is 1.92. The molecule has 1 nitrogen and oxygen atoms in total. The summed E-state index contributed by atoms with van der Waals surface area (Å²) in [7, 11) is 0. The average Bonchev–Trinajstić information content (AvgIpc) is 2.57. The van der Waals surface area contributed by atoms with E-state index in [0.717, 1.165) is 6.61 Å². The Bertz CT molecular complexity index is 244. The minimum Gasteiger partial charge on any atom is -0.502 e. The third-order valence-electron chi connectivity index (χ3n) is 4.34. The van der Waals surface area contributed by atoms with E-state index >= 15 is 0 Å². The van der Waals surface area contributed by atoms with Gasteiger partial charge in [0.05, 0.1) is 12.9 Å². The number of allylic oxidation sites excluding steroid dienone is 2. The van der Waals surface area contributed by atoms with Crippen molar-refractivity contribution >= 4 is 0 Å². The Kier molecular flexibility index (Phi) is 20.6. The van der Waals surface area contributed by atoms with Crippen LogP contribution in [0.3, 0.4) is 0 Å². The van der Waals surface area contributed by atoms with E-state index in [2.05, 4.69) is 19.6 Å². The minimum atomic E-state index is 0.898. The van der Waals surface area contributed by atoms with Gasteiger partial charge in [-0.15, -0.1) is 6.58 Å². The van der Waals surface area contributed by atoms with Crippen LogP contribution in [0.4, 0.5) is 0 Å². The van der Waals surface area contributed by atoms with Gasteiger partial charge in [-0.3, -0.25) is 0 Å². The summed E-state index contributed by atoms with van der Waals surface area (Å²) in [6.07, 6.45) is 27.5. The van der Waals surface area contributed by atoms with Gasteiger partial charge in [-0.2, -0.15) is 0 Å². The Hall–Kier alpha value is -0.720. The Morgan fingerprint density at radius 2 is 1.17 bits per heavy atom. The minimum absolute atomic E-state index is 0.898. The van der Waals surface area contributed by atoms with E-state index in [1.807, 2.05) is 12.3 Å². The van der Waals surface area contributed by atoms with Crippen molar-refractivity contribution < 1.29 is 4.74 Å². The topological polar surface area (TPSA) is 9.23 Å². The molecule has 0 saturated carbocycles. The molecule has 23 heavy (non-hydrogen) atoms. The molecule has 0 spiro atoms. The molecule has 0 heterocycles. The first-order valence-electron chi connectivity index (χ1n) is 10.3. The second-order valence-electron chi connectivity index (χ2n) is 6.70. The molecule has 0 aromatic heterocycles. The van der Waals surface area contributed by atoms with Gasteiger partial charge in [0.2, 0.25) is 0 Å². The maximum absolute atomic E-state index is 5.56. The second-order valence-corrected chi connectivity index (χ2v) is 6.70. The third kappa shape index (κ3) is 21.3. The lowest BCUT2D eigenvalue weighted by Gasteiger charge is -2.02. The van der Waals surface area contributed by atoms with Crippen LogP contribution >= 0.6 is 0 Å². The van der Waals surface area contributed by atoms with E-state index < -0.39 is 0 Å². The predicted molar refractivity (Wildman–Crippen MR) is 105 cm³/mol. The fourth-order valence-corrected chi connectivity index (χ4v) is 2.78. The monoisotopic (exact) mass is 322 g/mol. The van der Waals surface area contributed by atoms with Crippen LogP contribution in [-0.4, -0.2) is 6.61 Å². The fraction of sp³-hybridized carbons (Fsp3) is 0.818. The quantitative estimate of drug-likeness (QED) is 0.133. The highest BCUT2D eigenvalue weighted by molar-refractivity contribution is 4.73. The second kappa shape index (κ2) is 21.3. The van der Waals surface area contributed by atoms with E-state index in [1.165, 1.54) is 103 Å². The number of hydrogen-bond donors (Lipinski definition) is 0. The van der Waals surface area contributed by atoms with Crippen LogP contribution in [0, 0.1) is 0 Å². The molecule has 1 heteroatoms. The van der Waals surface area contributed by atoms with E-state index in [-0.39, 0.29) is 0 Å². The fourth-order valence-electron chi connectivity index (χ4n) is 2.78. The zero-order chi connectivity index (χ0) is 16.8. The molecule has 136 valence electrons. The van der Waals surface area contributed by atoms with Crippen molar-refractivity contribution in [3.63, 3.8) is 0 Å². The molecule has 0 aromatic rings. The van der Waals surface area contributed by atoms with Gasteiger partial charge in [-0.25, -0.2) is 0 Å². The number of rotatable bonds is 19. The average molecular weight is 323 g/mol. The molecule has 0 aliphatic rings. The lowest BCUT2D eigenvalue weighted by molar-refractivity contribution is 0.239. The van der Waals surface area contributed by atoms with Gasteiger partial charge in [0.15, 0.2) is 0 Å². The van der Waals surface area contributed by atoms with Crippen LogP contribution in [0.5, 0.6) is 0 Å². The van der Waals surface area contributed by atoms with Crippen LogP contribution in [0.15, 0.2) is 25.0 Å². The van der Waals surface area contributed by atoms with E-state index in [1.54, 1.807) is 0 Å². The van der Waals surface area contributed by atoms with Crippen molar-refractivity contribution in [1.82, 2.24) is 0 Å². The first-order valence-corrected chi connectivity index (χ1v) is 10.3. The highest BCUT2D eigenvalue weighted by atomic mass is 16.5. The maximum atomic E-state index is 5.56. The Morgan fingerprint density at radius 3 is 1.78 bits per heavy atom. The lowest BCUT2D eigenvalue weighted by Crippen LogP contribution is -1.88. The molecule has 0 N–H and O–H groups in total. The Morgan fingerprint density at radius 1 is 0.652 bits per heavy atom. The zero-order valence-electron chi connectivity index (χ0n) is 15.9. The van der Waals surface area contributed by atoms with Crippen LogP contribution in [0.1, 0.15) is 110 Å². The molecule has 0 radical (unpaired) electrons. The van der Waals surface area contributed by atoms with E-state index in [9.17, 15) is 0 Å².